The molecule has 1 aromatic heterocycles. The molecule has 4 rings (SSSR count). The van der Waals surface area contributed by atoms with Gasteiger partial charge in [0.2, 0.25) is 0 Å². The first-order valence-corrected chi connectivity index (χ1v) is 14.2. The summed E-state index contributed by atoms with van der Waals surface area (Å²) in [5, 5.41) is 4.23. The summed E-state index contributed by atoms with van der Waals surface area (Å²) in [6.07, 6.45) is -0.676. The lowest BCUT2D eigenvalue weighted by molar-refractivity contribution is -0.147. The van der Waals surface area contributed by atoms with Crippen molar-refractivity contribution in [3.05, 3.63) is 100 Å². The molecule has 0 aliphatic carbocycles. The van der Waals surface area contributed by atoms with Crippen LogP contribution in [0.2, 0.25) is 0 Å². The van der Waals surface area contributed by atoms with E-state index in [1.807, 2.05) is 49.4 Å². The highest BCUT2D eigenvalue weighted by Gasteiger charge is 2.21. The number of methoxy groups -OCH3 is 1. The highest BCUT2D eigenvalue weighted by Crippen LogP contribution is 2.33. The van der Waals surface area contributed by atoms with Gasteiger partial charge in [-0.05, 0) is 92.6 Å². The Morgan fingerprint density at radius 2 is 1.46 bits per heavy atom. The number of esters is 1. The fourth-order valence-electron chi connectivity index (χ4n) is 5.27. The number of nitrogens with one attached hydrogen (secondary N) is 1. The van der Waals surface area contributed by atoms with Gasteiger partial charge in [-0.15, -0.1) is 0 Å². The van der Waals surface area contributed by atoms with Gasteiger partial charge in [0.15, 0.2) is 6.10 Å². The van der Waals surface area contributed by atoms with Gasteiger partial charge in [0.05, 0.1) is 19.2 Å². The highest BCUT2D eigenvalue weighted by atomic mass is 16.6. The molecule has 1 heterocycles. The van der Waals surface area contributed by atoms with Crippen LogP contribution in [0, 0.1) is 13.8 Å². The van der Waals surface area contributed by atoms with Crippen molar-refractivity contribution in [2.24, 2.45) is 0 Å². The van der Waals surface area contributed by atoms with Gasteiger partial charge in [-0.1, -0.05) is 57.2 Å². The van der Waals surface area contributed by atoms with Gasteiger partial charge >= 0.3 is 5.97 Å². The number of fused-ring (bicyclic) bond motifs is 1. The smallest absolute Gasteiger partial charge is 0.346 e. The Labute approximate surface area is 243 Å². The molecule has 216 valence electrons. The van der Waals surface area contributed by atoms with E-state index in [4.69, 9.17) is 9.47 Å². The van der Waals surface area contributed by atoms with Crippen molar-refractivity contribution >= 4 is 22.8 Å². The van der Waals surface area contributed by atoms with Crippen molar-refractivity contribution in [3.8, 4) is 5.75 Å². The van der Waals surface area contributed by atoms with Gasteiger partial charge in [-0.3, -0.25) is 4.79 Å². The second-order valence-electron chi connectivity index (χ2n) is 11.9. The predicted molar refractivity (Wildman–Crippen MR) is 165 cm³/mol. The fourth-order valence-corrected chi connectivity index (χ4v) is 5.27. The monoisotopic (exact) mass is 554 g/mol. The summed E-state index contributed by atoms with van der Waals surface area (Å²) < 4.78 is 12.7. The first-order chi connectivity index (χ1) is 19.3. The van der Waals surface area contributed by atoms with Gasteiger partial charge in [-0.2, -0.15) is 0 Å². The number of amides is 1. The van der Waals surface area contributed by atoms with Crippen LogP contribution in [0.25, 0.3) is 10.9 Å². The van der Waals surface area contributed by atoms with Crippen molar-refractivity contribution in [3.63, 3.8) is 0 Å². The molecule has 6 heteroatoms. The Bertz CT molecular complexity index is 1540. The molecule has 41 heavy (non-hydrogen) atoms. The number of benzene rings is 3. The van der Waals surface area contributed by atoms with Crippen LogP contribution in [0.4, 0.5) is 0 Å². The van der Waals surface area contributed by atoms with Gasteiger partial charge < -0.3 is 19.4 Å². The summed E-state index contributed by atoms with van der Waals surface area (Å²) in [7, 11) is 1.35. The summed E-state index contributed by atoms with van der Waals surface area (Å²) >= 11 is 0. The molecular formula is C35H42N2O4. The Morgan fingerprint density at radius 1 is 0.854 bits per heavy atom. The van der Waals surface area contributed by atoms with E-state index in [0.29, 0.717) is 11.3 Å². The summed E-state index contributed by atoms with van der Waals surface area (Å²) in [6, 6.07) is 22.1. The topological polar surface area (TPSA) is 69.6 Å². The quantitative estimate of drug-likeness (QED) is 0.228. The molecule has 0 aliphatic rings. The Hall–Kier alpha value is -4.06. The third-order valence-electron chi connectivity index (χ3n) is 8.05. The minimum Gasteiger partial charge on any atom is -0.479 e. The predicted octanol–water partition coefficient (Wildman–Crippen LogP) is 7.60. The van der Waals surface area contributed by atoms with Crippen LogP contribution in [-0.2, 0) is 14.9 Å². The fraction of sp³-hybridized carbons (Fsp3) is 0.371. The number of hydrogen-bond acceptors (Lipinski definition) is 4. The van der Waals surface area contributed by atoms with Gasteiger partial charge in [-0.25, -0.2) is 4.79 Å². The number of carbonyl (C=O) groups excluding carboxylic acids is 2. The SMILES string of the molecule is COC(=O)[C@H](C)Oc1ccc(C(C)n2c(C)c(C)c3cc(C(=O)N[C@@H](C)c4ccc(C(C)(C)C)cc4)ccc32)cc1. The average molecular weight is 555 g/mol. The van der Waals surface area contributed by atoms with Crippen LogP contribution in [0.1, 0.15) is 91.9 Å². The van der Waals surface area contributed by atoms with E-state index in [1.54, 1.807) is 6.92 Å². The molecular weight excluding hydrogens is 512 g/mol. The lowest BCUT2D eigenvalue weighted by Crippen LogP contribution is -2.26. The van der Waals surface area contributed by atoms with E-state index in [0.717, 1.165) is 33.3 Å². The number of nitrogens with zero attached hydrogens (tertiary/aromatic N) is 1. The molecule has 1 amide bonds. The third kappa shape index (κ3) is 6.32. The van der Waals surface area contributed by atoms with Crippen LogP contribution < -0.4 is 10.1 Å². The first kappa shape index (κ1) is 29.9. The average Bonchev–Trinajstić information content (AvgIpc) is 3.20. The van der Waals surface area contributed by atoms with Crippen molar-refractivity contribution in [2.45, 2.75) is 79.0 Å². The normalized spacial score (nSPS) is 13.9. The molecule has 0 saturated heterocycles. The van der Waals surface area contributed by atoms with Gasteiger partial charge in [0.25, 0.3) is 5.91 Å². The van der Waals surface area contributed by atoms with Crippen molar-refractivity contribution in [1.29, 1.82) is 0 Å². The maximum absolute atomic E-state index is 13.3. The molecule has 3 aromatic carbocycles. The van der Waals surface area contributed by atoms with Gasteiger partial charge in [0, 0.05) is 22.2 Å². The Morgan fingerprint density at radius 3 is 2.05 bits per heavy atom. The van der Waals surface area contributed by atoms with E-state index in [2.05, 4.69) is 75.7 Å². The lowest BCUT2D eigenvalue weighted by Gasteiger charge is -2.21. The molecule has 0 radical (unpaired) electrons. The van der Waals surface area contributed by atoms with Crippen molar-refractivity contribution < 1.29 is 19.1 Å². The number of rotatable bonds is 8. The van der Waals surface area contributed by atoms with Crippen LogP contribution >= 0.6 is 0 Å². The van der Waals surface area contributed by atoms with E-state index in [9.17, 15) is 9.59 Å². The van der Waals surface area contributed by atoms with Crippen LogP contribution in [0.5, 0.6) is 5.75 Å². The molecule has 0 spiro atoms. The Balaban J connectivity index is 1.54. The summed E-state index contributed by atoms with van der Waals surface area (Å²) in [5.74, 6) is 0.109. The van der Waals surface area contributed by atoms with Crippen molar-refractivity contribution in [2.75, 3.05) is 7.11 Å². The van der Waals surface area contributed by atoms with E-state index in [1.165, 1.54) is 12.7 Å². The Kier molecular flexibility index (Phi) is 8.62. The molecule has 6 nitrogen and oxygen atoms in total. The zero-order chi connectivity index (χ0) is 30.1. The van der Waals surface area contributed by atoms with Gasteiger partial charge in [0.1, 0.15) is 5.75 Å². The minimum atomic E-state index is -0.676. The second-order valence-corrected chi connectivity index (χ2v) is 11.9. The molecule has 1 unspecified atom stereocenters. The highest BCUT2D eigenvalue weighted by molar-refractivity contribution is 5.99. The maximum Gasteiger partial charge on any atom is 0.346 e. The van der Waals surface area contributed by atoms with E-state index >= 15 is 0 Å². The molecule has 3 atom stereocenters. The maximum atomic E-state index is 13.3. The largest absolute Gasteiger partial charge is 0.479 e. The molecule has 0 saturated carbocycles. The number of carbonyl (C=O) groups is 2. The third-order valence-corrected chi connectivity index (χ3v) is 8.05. The number of aryl methyl sites for hydroxylation is 1. The second kappa shape index (κ2) is 11.8. The van der Waals surface area contributed by atoms with Crippen molar-refractivity contribution in [1.82, 2.24) is 9.88 Å². The van der Waals surface area contributed by atoms with Crippen LogP contribution in [0.3, 0.4) is 0 Å². The van der Waals surface area contributed by atoms with E-state index < -0.39 is 12.1 Å². The molecule has 0 fully saturated rings. The minimum absolute atomic E-state index is 0.0500. The first-order valence-electron chi connectivity index (χ1n) is 14.2. The van der Waals surface area contributed by atoms with Crippen LogP contribution in [0.15, 0.2) is 66.7 Å². The molecule has 0 bridgehead atoms. The number of aromatic nitrogens is 1. The lowest BCUT2D eigenvalue weighted by atomic mass is 9.86. The zero-order valence-corrected chi connectivity index (χ0v) is 25.7. The summed E-state index contributed by atoms with van der Waals surface area (Å²) in [6.45, 7) is 16.7. The molecule has 0 aliphatic heterocycles. The van der Waals surface area contributed by atoms with Crippen LogP contribution in [-0.4, -0.2) is 29.7 Å². The number of ether oxygens (including phenoxy) is 2. The summed E-state index contributed by atoms with van der Waals surface area (Å²) in [4.78, 5) is 25.0. The summed E-state index contributed by atoms with van der Waals surface area (Å²) in [5.41, 5.74) is 7.57. The standard InChI is InChI=1S/C35H42N2O4/c1-21-23(3)37(24(4)27-12-17-30(18-13-27)41-25(5)34(39)40-9)32-19-14-28(20-31(21)32)33(38)36-22(2)26-10-15-29(16-11-26)35(6,7)8/h10-20,22,24-25H,1-9H3,(H,36,38)/t22-,24?,25-/m0/s1. The van der Waals surface area contributed by atoms with E-state index in [-0.39, 0.29) is 23.4 Å². The molecule has 4 aromatic rings. The number of hydrogen-bond donors (Lipinski definition) is 1. The molecule has 1 N–H and O–H groups in total. The zero-order valence-electron chi connectivity index (χ0n) is 25.7.